The summed E-state index contributed by atoms with van der Waals surface area (Å²) in [5.74, 6) is -1.42. The summed E-state index contributed by atoms with van der Waals surface area (Å²) < 4.78 is 1.15. The zero-order chi connectivity index (χ0) is 41.5. The second-order valence-corrected chi connectivity index (χ2v) is 21.8. The summed E-state index contributed by atoms with van der Waals surface area (Å²) >= 11 is -1.22. The van der Waals surface area contributed by atoms with Crippen molar-refractivity contribution in [3.8, 4) is 0 Å². The normalized spacial score (nSPS) is 11.3. The van der Waals surface area contributed by atoms with Crippen LogP contribution in [0, 0.1) is 0 Å². The molecule has 58 heavy (non-hydrogen) atoms. The van der Waals surface area contributed by atoms with Gasteiger partial charge in [0.1, 0.15) is 0 Å². The molecule has 0 radical (unpaired) electrons. The molecule has 0 spiro atoms. The standard InChI is InChI=1S/C48H46N4O4Se2/c1-47(2,3)31-27-37(43(53)49-33-19-11-7-12-20-33)41(38(28-31)44(54)50-34-21-13-8-14-22-34)57-58-42-39(45(55)51-35-23-15-9-16-24-35)29-32(48(4,5)6)30-40(42)46(56)52-36-25-17-10-18-26-36/h7-30H,1-6H3,(H,49,53)(H,50,54)(H,51,55)(H,52,56). The van der Waals surface area contributed by atoms with Crippen LogP contribution in [0.4, 0.5) is 22.7 Å². The van der Waals surface area contributed by atoms with Crippen LogP contribution in [-0.2, 0) is 10.8 Å². The van der Waals surface area contributed by atoms with Gasteiger partial charge in [0.05, 0.1) is 0 Å². The Labute approximate surface area is 351 Å². The van der Waals surface area contributed by atoms with Gasteiger partial charge in [-0.15, -0.1) is 0 Å². The maximum atomic E-state index is 14.4. The van der Waals surface area contributed by atoms with Crippen LogP contribution >= 0.6 is 0 Å². The molecule has 4 amide bonds. The van der Waals surface area contributed by atoms with Gasteiger partial charge in [-0.2, -0.15) is 0 Å². The topological polar surface area (TPSA) is 116 Å². The van der Waals surface area contributed by atoms with Gasteiger partial charge in [0.15, 0.2) is 0 Å². The van der Waals surface area contributed by atoms with Crippen LogP contribution in [0.2, 0.25) is 0 Å². The third-order valence-corrected chi connectivity index (χ3v) is 16.5. The minimum atomic E-state index is -0.608. The van der Waals surface area contributed by atoms with Crippen LogP contribution in [0.25, 0.3) is 0 Å². The van der Waals surface area contributed by atoms with Crippen LogP contribution in [0.15, 0.2) is 146 Å². The Balaban J connectivity index is 1.53. The number of amides is 4. The first-order valence-corrected chi connectivity index (χ1v) is 24.9. The Kier molecular flexibility index (Phi) is 13.2. The third-order valence-electron chi connectivity index (χ3n) is 9.22. The van der Waals surface area contributed by atoms with E-state index in [1.807, 2.05) is 187 Å². The van der Waals surface area contributed by atoms with Gasteiger partial charge < -0.3 is 0 Å². The molecule has 0 heterocycles. The van der Waals surface area contributed by atoms with Crippen molar-refractivity contribution in [1.29, 1.82) is 0 Å². The fourth-order valence-corrected chi connectivity index (χ4v) is 14.0. The molecule has 10 heteroatoms. The van der Waals surface area contributed by atoms with Gasteiger partial charge in [0.2, 0.25) is 0 Å². The Bertz CT molecular complexity index is 2110. The quantitative estimate of drug-likeness (QED) is 0.0976. The molecule has 8 nitrogen and oxygen atoms in total. The summed E-state index contributed by atoms with van der Waals surface area (Å²) in [6.45, 7) is 12.3. The molecular weight excluding hydrogens is 854 g/mol. The molecule has 0 bridgehead atoms. The average molecular weight is 901 g/mol. The summed E-state index contributed by atoms with van der Waals surface area (Å²) in [5.41, 5.74) is 4.76. The molecule has 0 saturated carbocycles. The number of carbonyl (C=O) groups excluding carboxylic acids is 4. The van der Waals surface area contributed by atoms with Gasteiger partial charge in [0, 0.05) is 0 Å². The molecule has 0 fully saturated rings. The van der Waals surface area contributed by atoms with Gasteiger partial charge in [0.25, 0.3) is 0 Å². The molecule has 0 unspecified atom stereocenters. The predicted molar refractivity (Wildman–Crippen MR) is 239 cm³/mol. The van der Waals surface area contributed by atoms with E-state index >= 15 is 0 Å². The van der Waals surface area contributed by atoms with E-state index < -0.39 is 37.1 Å². The molecule has 6 rings (SSSR count). The number of hydrogen-bond acceptors (Lipinski definition) is 4. The Hall–Kier alpha value is -5.76. The second kappa shape index (κ2) is 18.2. The first-order valence-electron chi connectivity index (χ1n) is 18.8. The van der Waals surface area contributed by atoms with E-state index in [1.165, 1.54) is 0 Å². The number of para-hydroxylation sites is 4. The fraction of sp³-hybridized carbons (Fsp3) is 0.167. The molecule has 294 valence electrons. The van der Waals surface area contributed by atoms with Crippen LogP contribution < -0.4 is 30.2 Å². The SMILES string of the molecule is CC(C)(C)c1cc(C(=O)Nc2ccccc2)c([Se][Se]c2c(C(=O)Nc3ccccc3)cc(C(C)(C)C)cc2C(=O)Nc2ccccc2)c(C(=O)Nc2ccccc2)c1. The molecule has 4 N–H and O–H groups in total. The molecule has 0 aliphatic carbocycles. The zero-order valence-electron chi connectivity index (χ0n) is 33.3. The molecule has 6 aromatic carbocycles. The van der Waals surface area contributed by atoms with Gasteiger partial charge >= 0.3 is 353 Å². The number of rotatable bonds is 11. The van der Waals surface area contributed by atoms with Crippen molar-refractivity contribution < 1.29 is 19.2 Å². The Morgan fingerprint density at radius 1 is 0.362 bits per heavy atom. The monoisotopic (exact) mass is 902 g/mol. The molecule has 0 saturated heterocycles. The van der Waals surface area contributed by atoms with Gasteiger partial charge in [-0.05, 0) is 0 Å². The fourth-order valence-electron chi connectivity index (χ4n) is 5.94. The van der Waals surface area contributed by atoms with Gasteiger partial charge in [-0.3, -0.25) is 0 Å². The van der Waals surface area contributed by atoms with E-state index in [2.05, 4.69) is 21.3 Å². The molecule has 6 aromatic rings. The van der Waals surface area contributed by atoms with Gasteiger partial charge in [-0.1, -0.05) is 0 Å². The number of benzene rings is 6. The Morgan fingerprint density at radius 2 is 0.569 bits per heavy atom. The second-order valence-electron chi connectivity index (χ2n) is 15.7. The number of carbonyl (C=O) groups is 4. The molecule has 0 aliphatic heterocycles. The van der Waals surface area contributed by atoms with Crippen molar-refractivity contribution in [2.24, 2.45) is 0 Å². The summed E-state index contributed by atoms with van der Waals surface area (Å²) in [6, 6.07) is 44.3. The molecule has 0 aromatic heterocycles. The van der Waals surface area contributed by atoms with E-state index in [4.69, 9.17) is 0 Å². The van der Waals surface area contributed by atoms with Crippen molar-refractivity contribution in [2.75, 3.05) is 21.3 Å². The third kappa shape index (κ3) is 10.6. The van der Waals surface area contributed by atoms with E-state index in [-0.39, 0.29) is 23.6 Å². The minimum absolute atomic E-state index is 0.356. The number of anilines is 4. The van der Waals surface area contributed by atoms with Crippen LogP contribution in [0.3, 0.4) is 0 Å². The summed E-state index contributed by atoms with van der Waals surface area (Å²) in [7, 11) is 0. The van der Waals surface area contributed by atoms with Crippen molar-refractivity contribution in [3.63, 3.8) is 0 Å². The van der Waals surface area contributed by atoms with E-state index in [9.17, 15) is 19.2 Å². The Morgan fingerprint density at radius 3 is 0.759 bits per heavy atom. The molecular formula is C48H46N4O4Se2. The maximum absolute atomic E-state index is 14.4. The predicted octanol–water partition coefficient (Wildman–Crippen LogP) is 8.57. The summed E-state index contributed by atoms with van der Waals surface area (Å²) in [5, 5.41) is 12.2. The van der Waals surface area contributed by atoms with Crippen molar-refractivity contribution in [3.05, 3.63) is 179 Å². The first kappa shape index (κ1) is 41.9. The molecule has 0 aliphatic rings. The van der Waals surface area contributed by atoms with Crippen LogP contribution in [-0.4, -0.2) is 49.9 Å². The van der Waals surface area contributed by atoms with Crippen molar-refractivity contribution in [2.45, 2.75) is 52.4 Å². The van der Waals surface area contributed by atoms with Crippen molar-refractivity contribution in [1.82, 2.24) is 0 Å². The van der Waals surface area contributed by atoms with E-state index in [0.29, 0.717) is 53.9 Å². The average Bonchev–Trinajstić information content (AvgIpc) is 3.20. The van der Waals surface area contributed by atoms with E-state index in [1.54, 1.807) is 0 Å². The number of hydrogen-bond donors (Lipinski definition) is 4. The summed E-state index contributed by atoms with van der Waals surface area (Å²) in [6.07, 6.45) is 0. The number of nitrogens with one attached hydrogen (secondary N) is 4. The summed E-state index contributed by atoms with van der Waals surface area (Å²) in [4.78, 5) is 57.7. The molecule has 0 atom stereocenters. The van der Waals surface area contributed by atoms with Crippen LogP contribution in [0.1, 0.15) is 94.1 Å². The van der Waals surface area contributed by atoms with E-state index in [0.717, 1.165) is 11.1 Å². The van der Waals surface area contributed by atoms with Crippen LogP contribution in [0.5, 0.6) is 0 Å². The zero-order valence-corrected chi connectivity index (χ0v) is 36.7. The van der Waals surface area contributed by atoms with Crippen molar-refractivity contribution >= 4 is 81.6 Å². The first-order chi connectivity index (χ1) is 27.7. The van der Waals surface area contributed by atoms with Gasteiger partial charge in [-0.25, -0.2) is 0 Å².